The Morgan fingerprint density at radius 2 is 0.842 bits per heavy atom. The highest BCUT2D eigenvalue weighted by Crippen LogP contribution is 2.19. The first-order chi connectivity index (χ1) is 27.1. The quantitative estimate of drug-likeness (QED) is 0.0465. The fraction of sp³-hybridized carbons (Fsp3) is 0.686. The number of aliphatic hydroxyl groups excluding tert-OH is 6. The molecule has 0 aromatic carbocycles. The lowest BCUT2D eigenvalue weighted by atomic mass is 10.1. The number of hydrogen-bond acceptors (Lipinski definition) is 16. The molecule has 3 unspecified atom stereocenters. The van der Waals surface area contributed by atoms with Gasteiger partial charge in [-0.25, -0.2) is 0 Å². The van der Waals surface area contributed by atoms with E-state index in [1.807, 2.05) is 0 Å². The van der Waals surface area contributed by atoms with Gasteiger partial charge in [0.25, 0.3) is 0 Å². The molecule has 0 spiro atoms. The predicted molar refractivity (Wildman–Crippen MR) is 197 cm³/mol. The summed E-state index contributed by atoms with van der Waals surface area (Å²) in [6.07, 6.45) is -5.14. The molecule has 57 heavy (non-hydrogen) atoms. The number of aliphatic carboxylic acids is 3. The van der Waals surface area contributed by atoms with E-state index >= 15 is 0 Å². The monoisotopic (exact) mass is 815 g/mol. The zero-order valence-corrected chi connectivity index (χ0v) is 31.7. The smallest absolute Gasteiger partial charge is 0.320 e. The molecule has 22 nitrogen and oxygen atoms in total. The van der Waals surface area contributed by atoms with Crippen LogP contribution >= 0.6 is 0 Å². The van der Waals surface area contributed by atoms with Crippen LogP contribution in [0.2, 0.25) is 0 Å². The van der Waals surface area contributed by atoms with Gasteiger partial charge in [0.1, 0.15) is 18.1 Å². The van der Waals surface area contributed by atoms with E-state index in [0.29, 0.717) is 11.4 Å². The third-order valence-electron chi connectivity index (χ3n) is 9.29. The average Bonchev–Trinajstić information content (AvgIpc) is 3.17. The van der Waals surface area contributed by atoms with Crippen molar-refractivity contribution in [3.05, 3.63) is 29.6 Å². The molecule has 0 saturated carbocycles. The van der Waals surface area contributed by atoms with Crippen LogP contribution in [0.5, 0.6) is 0 Å². The lowest BCUT2D eigenvalue weighted by molar-refractivity contribution is -0.147. The highest BCUT2D eigenvalue weighted by molar-refractivity contribution is 5.80. The molecule has 1 aromatic rings. The van der Waals surface area contributed by atoms with E-state index < -0.39 is 91.9 Å². The average molecular weight is 816 g/mol. The van der Waals surface area contributed by atoms with Gasteiger partial charge in [0.2, 0.25) is 17.7 Å². The van der Waals surface area contributed by atoms with Crippen molar-refractivity contribution in [1.29, 1.82) is 0 Å². The lowest BCUT2D eigenvalue weighted by Gasteiger charge is -2.37. The molecule has 2 heterocycles. The Balaban J connectivity index is 2.49. The molecule has 1 aromatic heterocycles. The summed E-state index contributed by atoms with van der Waals surface area (Å²) < 4.78 is 0. The lowest BCUT2D eigenvalue weighted by Crippen LogP contribution is -2.52. The number of hydrogen-bond donors (Lipinski definition) is 12. The number of rotatable bonds is 24. The van der Waals surface area contributed by atoms with Crippen LogP contribution in [0.1, 0.15) is 49.9 Å². The second-order valence-corrected chi connectivity index (χ2v) is 13.7. The molecule has 2 rings (SSSR count). The Morgan fingerprint density at radius 1 is 0.544 bits per heavy atom. The second-order valence-electron chi connectivity index (χ2n) is 13.7. The molecular weight excluding hydrogens is 758 g/mol. The minimum absolute atomic E-state index is 0.0843. The van der Waals surface area contributed by atoms with Gasteiger partial charge in [-0.1, -0.05) is 6.07 Å². The maximum atomic E-state index is 12.8. The summed E-state index contributed by atoms with van der Waals surface area (Å²) >= 11 is 0. The van der Waals surface area contributed by atoms with Crippen molar-refractivity contribution >= 4 is 35.6 Å². The van der Waals surface area contributed by atoms with Crippen LogP contribution in [-0.4, -0.2) is 203 Å². The van der Waals surface area contributed by atoms with Crippen molar-refractivity contribution < 1.29 is 74.7 Å². The SMILES string of the molecule is O=C(CC[C@H](C(=O)O)N1CCN([C@H](CCC(=O)NCC(O)CO)C(=O)O)Cc2cccc(n2)CN([C@H](CCC(=O)NCC(O)CO)C(=O)O)CC1)NCC(O)CO. The van der Waals surface area contributed by atoms with Crippen molar-refractivity contribution in [2.45, 2.75) is 88.1 Å². The highest BCUT2D eigenvalue weighted by Gasteiger charge is 2.33. The number of nitrogens with zero attached hydrogens (tertiary/aromatic N) is 4. The molecule has 0 fully saturated rings. The van der Waals surface area contributed by atoms with Crippen LogP contribution in [0.25, 0.3) is 0 Å². The van der Waals surface area contributed by atoms with Crippen molar-refractivity contribution in [1.82, 2.24) is 35.6 Å². The number of carbonyl (C=O) groups excluding carboxylic acids is 3. The fourth-order valence-electron chi connectivity index (χ4n) is 6.09. The molecule has 6 atom stereocenters. The van der Waals surface area contributed by atoms with Crippen LogP contribution in [0, 0.1) is 0 Å². The summed E-state index contributed by atoms with van der Waals surface area (Å²) in [6.45, 7) is -3.13. The topological polar surface area (TPSA) is 343 Å². The predicted octanol–water partition coefficient (Wildman–Crippen LogP) is -4.89. The Labute approximate surface area is 329 Å². The number of carbonyl (C=O) groups is 6. The zero-order chi connectivity index (χ0) is 42.5. The highest BCUT2D eigenvalue weighted by atomic mass is 16.4. The molecule has 22 heteroatoms. The van der Waals surface area contributed by atoms with E-state index in [9.17, 15) is 59.4 Å². The van der Waals surface area contributed by atoms with E-state index in [0.717, 1.165) is 0 Å². The summed E-state index contributed by atoms with van der Waals surface area (Å²) in [5.41, 5.74) is 0.762. The number of carboxylic acids is 3. The van der Waals surface area contributed by atoms with Gasteiger partial charge >= 0.3 is 17.9 Å². The molecule has 0 aliphatic carbocycles. The molecular formula is C35H57N7O15. The summed E-state index contributed by atoms with van der Waals surface area (Å²) in [4.78, 5) is 84.9. The van der Waals surface area contributed by atoms with Crippen LogP contribution in [0.4, 0.5) is 0 Å². The van der Waals surface area contributed by atoms with E-state index in [4.69, 9.17) is 15.3 Å². The van der Waals surface area contributed by atoms with Gasteiger partial charge in [0.05, 0.1) is 49.5 Å². The first kappa shape index (κ1) is 48.8. The molecule has 3 amide bonds. The van der Waals surface area contributed by atoms with E-state index in [1.54, 1.807) is 18.2 Å². The molecule has 0 radical (unpaired) electrons. The summed E-state index contributed by atoms with van der Waals surface area (Å²) in [6, 6.07) is 0.996. The molecule has 12 N–H and O–H groups in total. The van der Waals surface area contributed by atoms with E-state index in [2.05, 4.69) is 20.9 Å². The zero-order valence-electron chi connectivity index (χ0n) is 31.7. The number of pyridine rings is 1. The standard InChI is InChI=1S/C35H57N7O15/c43-19-24(46)14-36-30(49)7-4-27(33(52)53)40-10-12-41(28(34(54)55)5-8-31(50)37-15-25(47)20-44)17-22-2-1-3-23(39-22)18-42(13-11-40)29(35(56)57)6-9-32(51)38-16-26(48)21-45/h1-3,24-29,43-48H,4-21H2,(H,36,49)(H,37,50)(H,38,51)(H,52,53)(H,54,55)(H,56,57)/t24?,25?,26?,27-,28-,29-/m1/s1. The van der Waals surface area contributed by atoms with Crippen molar-refractivity contribution in [3.63, 3.8) is 0 Å². The van der Waals surface area contributed by atoms with E-state index in [-0.39, 0.29) is 97.4 Å². The minimum Gasteiger partial charge on any atom is -0.480 e. The van der Waals surface area contributed by atoms with Gasteiger partial charge in [0, 0.05) is 78.2 Å². The number of carboxylic acid groups (broad SMARTS) is 3. The number of aromatic nitrogens is 1. The van der Waals surface area contributed by atoms with Crippen LogP contribution in [0.15, 0.2) is 18.2 Å². The number of nitrogens with one attached hydrogen (secondary N) is 3. The Hall–Kier alpha value is -4.39. The van der Waals surface area contributed by atoms with E-state index in [1.165, 1.54) is 14.7 Å². The third-order valence-corrected chi connectivity index (χ3v) is 9.29. The second kappa shape index (κ2) is 25.8. The van der Waals surface area contributed by atoms with Gasteiger partial charge < -0.3 is 61.9 Å². The molecule has 1 aliphatic rings. The van der Waals surface area contributed by atoms with Gasteiger partial charge in [0.15, 0.2) is 0 Å². The summed E-state index contributed by atoms with van der Waals surface area (Å²) in [5, 5.41) is 94.1. The normalized spacial score (nSPS) is 17.7. The Morgan fingerprint density at radius 3 is 1.14 bits per heavy atom. The Kier molecular flexibility index (Phi) is 22.1. The Bertz CT molecular complexity index is 1380. The number of aliphatic hydroxyl groups is 6. The first-order valence-corrected chi connectivity index (χ1v) is 18.6. The van der Waals surface area contributed by atoms with Crippen LogP contribution in [-0.2, 0) is 41.9 Å². The maximum Gasteiger partial charge on any atom is 0.320 e. The van der Waals surface area contributed by atoms with Crippen LogP contribution < -0.4 is 16.0 Å². The molecule has 2 bridgehead atoms. The van der Waals surface area contributed by atoms with Gasteiger partial charge in [-0.05, 0) is 31.4 Å². The van der Waals surface area contributed by atoms with Crippen molar-refractivity contribution in [3.8, 4) is 0 Å². The minimum atomic E-state index is -1.35. The van der Waals surface area contributed by atoms with Gasteiger partial charge in [-0.2, -0.15) is 0 Å². The van der Waals surface area contributed by atoms with Gasteiger partial charge in [-0.15, -0.1) is 0 Å². The largest absolute Gasteiger partial charge is 0.480 e. The number of fused-ring (bicyclic) bond motifs is 2. The van der Waals surface area contributed by atoms with Crippen molar-refractivity contribution in [2.24, 2.45) is 0 Å². The third kappa shape index (κ3) is 18.2. The first-order valence-electron chi connectivity index (χ1n) is 18.6. The maximum absolute atomic E-state index is 12.8. The van der Waals surface area contributed by atoms with Gasteiger partial charge in [-0.3, -0.25) is 48.5 Å². The summed E-state index contributed by atoms with van der Waals surface area (Å²) in [5.74, 6) is -5.65. The number of amides is 3. The summed E-state index contributed by atoms with van der Waals surface area (Å²) in [7, 11) is 0. The molecule has 322 valence electrons. The molecule has 0 saturated heterocycles. The van der Waals surface area contributed by atoms with Crippen LogP contribution in [0.3, 0.4) is 0 Å². The van der Waals surface area contributed by atoms with Crippen molar-refractivity contribution in [2.75, 3.05) is 65.6 Å². The fourth-order valence-corrected chi connectivity index (χ4v) is 6.09. The molecule has 1 aliphatic heterocycles.